The second-order valence-electron chi connectivity index (χ2n) is 7.25. The van der Waals surface area contributed by atoms with E-state index in [9.17, 15) is 8.42 Å². The highest BCUT2D eigenvalue weighted by Gasteiger charge is 2.25. The SMILES string of the molecule is CC(C)COc1ccc(S(=O)(=O)NCC(c2ccsc2)N2CCOCC2)cc1. The summed E-state index contributed by atoms with van der Waals surface area (Å²) in [6.45, 7) is 8.00. The van der Waals surface area contributed by atoms with Crippen molar-refractivity contribution in [2.75, 3.05) is 39.5 Å². The van der Waals surface area contributed by atoms with Gasteiger partial charge in [-0.05, 0) is 52.6 Å². The van der Waals surface area contributed by atoms with E-state index in [4.69, 9.17) is 9.47 Å². The topological polar surface area (TPSA) is 67.9 Å². The molecular formula is C20H28N2O4S2. The maximum Gasteiger partial charge on any atom is 0.240 e. The minimum absolute atomic E-state index is 0.00132. The fourth-order valence-corrected chi connectivity index (χ4v) is 4.81. The number of ether oxygens (including phenoxy) is 2. The van der Waals surface area contributed by atoms with Crippen LogP contribution in [0.5, 0.6) is 5.75 Å². The van der Waals surface area contributed by atoms with Gasteiger partial charge in [-0.25, -0.2) is 13.1 Å². The molecule has 1 aliphatic heterocycles. The largest absolute Gasteiger partial charge is 0.493 e. The number of hydrogen-bond acceptors (Lipinski definition) is 6. The first kappa shape index (κ1) is 21.3. The molecule has 0 aliphatic carbocycles. The number of nitrogens with one attached hydrogen (secondary N) is 1. The molecule has 0 saturated carbocycles. The normalized spacial score (nSPS) is 17.0. The minimum atomic E-state index is -3.59. The summed E-state index contributed by atoms with van der Waals surface area (Å²) in [6, 6.07) is 8.64. The molecule has 1 fully saturated rings. The van der Waals surface area contributed by atoms with Gasteiger partial charge < -0.3 is 9.47 Å². The zero-order chi connectivity index (χ0) is 20.0. The smallest absolute Gasteiger partial charge is 0.240 e. The first-order valence-corrected chi connectivity index (χ1v) is 11.9. The van der Waals surface area contributed by atoms with Crippen LogP contribution in [0.4, 0.5) is 0 Å². The van der Waals surface area contributed by atoms with Crippen molar-refractivity contribution in [1.29, 1.82) is 0 Å². The zero-order valence-corrected chi connectivity index (χ0v) is 18.0. The van der Waals surface area contributed by atoms with E-state index >= 15 is 0 Å². The summed E-state index contributed by atoms with van der Waals surface area (Å²) < 4.78 is 39.4. The maximum atomic E-state index is 12.8. The van der Waals surface area contributed by atoms with Gasteiger partial charge in [0, 0.05) is 25.7 Å². The lowest BCUT2D eigenvalue weighted by atomic mass is 10.1. The predicted octanol–water partition coefficient (Wildman–Crippen LogP) is 3.13. The average Bonchev–Trinajstić information content (AvgIpc) is 3.22. The zero-order valence-electron chi connectivity index (χ0n) is 16.3. The maximum absolute atomic E-state index is 12.8. The van der Waals surface area contributed by atoms with E-state index in [1.807, 2.05) is 5.38 Å². The molecule has 0 bridgehead atoms. The van der Waals surface area contributed by atoms with Crippen LogP contribution in [0.2, 0.25) is 0 Å². The summed E-state index contributed by atoms with van der Waals surface area (Å²) >= 11 is 1.62. The van der Waals surface area contributed by atoms with Crippen molar-refractivity contribution in [3.05, 3.63) is 46.7 Å². The van der Waals surface area contributed by atoms with Gasteiger partial charge in [-0.1, -0.05) is 13.8 Å². The van der Waals surface area contributed by atoms with Crippen LogP contribution in [-0.4, -0.2) is 52.8 Å². The fourth-order valence-electron chi connectivity index (χ4n) is 3.06. The lowest BCUT2D eigenvalue weighted by molar-refractivity contribution is 0.0173. The molecule has 1 aromatic heterocycles. The van der Waals surface area contributed by atoms with Crippen LogP contribution in [0.25, 0.3) is 0 Å². The second-order valence-corrected chi connectivity index (χ2v) is 9.80. The molecule has 6 nitrogen and oxygen atoms in total. The molecule has 0 amide bonds. The summed E-state index contributed by atoms with van der Waals surface area (Å²) in [5.74, 6) is 1.09. The Bertz CT molecular complexity index is 814. The van der Waals surface area contributed by atoms with Crippen LogP contribution in [0.1, 0.15) is 25.5 Å². The van der Waals surface area contributed by atoms with Gasteiger partial charge in [-0.15, -0.1) is 0 Å². The lowest BCUT2D eigenvalue weighted by Crippen LogP contribution is -2.43. The molecule has 1 unspecified atom stereocenters. The molecule has 3 rings (SSSR count). The van der Waals surface area contributed by atoms with Crippen LogP contribution in [0.15, 0.2) is 46.0 Å². The number of thiophene rings is 1. The van der Waals surface area contributed by atoms with Gasteiger partial charge in [0.05, 0.1) is 24.7 Å². The summed E-state index contributed by atoms with van der Waals surface area (Å²) in [7, 11) is -3.59. The van der Waals surface area contributed by atoms with Crippen molar-refractivity contribution in [1.82, 2.24) is 9.62 Å². The lowest BCUT2D eigenvalue weighted by Gasteiger charge is -2.34. The standard InChI is InChI=1S/C20H28N2O4S2/c1-16(2)14-26-18-3-5-19(6-4-18)28(23,24)21-13-20(17-7-12-27-15-17)22-8-10-25-11-9-22/h3-7,12,15-16,20-21H,8-11,13-14H2,1-2H3. The quantitative estimate of drug-likeness (QED) is 0.670. The molecule has 2 aromatic rings. The van der Waals surface area contributed by atoms with E-state index in [-0.39, 0.29) is 10.9 Å². The van der Waals surface area contributed by atoms with E-state index in [2.05, 4.69) is 34.9 Å². The minimum Gasteiger partial charge on any atom is -0.493 e. The summed E-state index contributed by atoms with van der Waals surface area (Å²) in [5.41, 5.74) is 1.13. The molecule has 1 N–H and O–H groups in total. The summed E-state index contributed by atoms with van der Waals surface area (Å²) in [4.78, 5) is 2.52. The van der Waals surface area contributed by atoms with Gasteiger partial charge in [0.1, 0.15) is 5.75 Å². The van der Waals surface area contributed by atoms with E-state index in [0.717, 1.165) is 18.7 Å². The fraction of sp³-hybridized carbons (Fsp3) is 0.500. The third-order valence-electron chi connectivity index (χ3n) is 4.60. The number of benzene rings is 1. The summed E-state index contributed by atoms with van der Waals surface area (Å²) in [6.07, 6.45) is 0. The molecule has 1 saturated heterocycles. The predicted molar refractivity (Wildman–Crippen MR) is 111 cm³/mol. The molecular weight excluding hydrogens is 396 g/mol. The van der Waals surface area contributed by atoms with Crippen molar-refractivity contribution >= 4 is 21.4 Å². The van der Waals surface area contributed by atoms with Gasteiger partial charge in [0.15, 0.2) is 0 Å². The van der Waals surface area contributed by atoms with Crippen LogP contribution in [0.3, 0.4) is 0 Å². The number of sulfonamides is 1. The first-order chi connectivity index (χ1) is 13.5. The molecule has 0 spiro atoms. The first-order valence-electron chi connectivity index (χ1n) is 9.52. The molecule has 0 radical (unpaired) electrons. The highest BCUT2D eigenvalue weighted by Crippen LogP contribution is 2.24. The van der Waals surface area contributed by atoms with Gasteiger partial charge in [0.2, 0.25) is 10.0 Å². The molecule has 2 heterocycles. The van der Waals surface area contributed by atoms with Gasteiger partial charge in [-0.2, -0.15) is 11.3 Å². The van der Waals surface area contributed by atoms with E-state index in [1.165, 1.54) is 0 Å². The van der Waals surface area contributed by atoms with Crippen molar-refractivity contribution in [2.45, 2.75) is 24.8 Å². The van der Waals surface area contributed by atoms with Crippen molar-refractivity contribution < 1.29 is 17.9 Å². The number of morpholine rings is 1. The Morgan fingerprint density at radius 1 is 1.18 bits per heavy atom. The highest BCUT2D eigenvalue weighted by molar-refractivity contribution is 7.89. The Kier molecular flexibility index (Phi) is 7.48. The summed E-state index contributed by atoms with van der Waals surface area (Å²) in [5, 5.41) is 4.10. The van der Waals surface area contributed by atoms with E-state index < -0.39 is 10.0 Å². The third kappa shape index (κ3) is 5.78. The van der Waals surface area contributed by atoms with Crippen LogP contribution >= 0.6 is 11.3 Å². The molecule has 1 atom stereocenters. The van der Waals surface area contributed by atoms with Crippen LogP contribution in [0, 0.1) is 5.92 Å². The van der Waals surface area contributed by atoms with Gasteiger partial charge in [0.25, 0.3) is 0 Å². The molecule has 1 aliphatic rings. The third-order valence-corrected chi connectivity index (χ3v) is 6.74. The molecule has 8 heteroatoms. The Hall–Kier alpha value is -1.45. The van der Waals surface area contributed by atoms with Crippen molar-refractivity contribution in [2.24, 2.45) is 5.92 Å². The van der Waals surface area contributed by atoms with E-state index in [0.29, 0.717) is 38.0 Å². The number of nitrogens with zero attached hydrogens (tertiary/aromatic N) is 1. The van der Waals surface area contributed by atoms with E-state index in [1.54, 1.807) is 35.6 Å². The Labute approximate surface area is 171 Å². The van der Waals surface area contributed by atoms with Crippen LogP contribution in [-0.2, 0) is 14.8 Å². The number of hydrogen-bond donors (Lipinski definition) is 1. The molecule has 28 heavy (non-hydrogen) atoms. The molecule has 1 aromatic carbocycles. The Morgan fingerprint density at radius 3 is 2.50 bits per heavy atom. The van der Waals surface area contributed by atoms with Gasteiger partial charge in [-0.3, -0.25) is 4.90 Å². The Balaban J connectivity index is 1.66. The molecule has 154 valence electrons. The highest BCUT2D eigenvalue weighted by atomic mass is 32.2. The van der Waals surface area contributed by atoms with Crippen LogP contribution < -0.4 is 9.46 Å². The second kappa shape index (κ2) is 9.84. The monoisotopic (exact) mass is 424 g/mol. The van der Waals surface area contributed by atoms with Gasteiger partial charge >= 0.3 is 0 Å². The van der Waals surface area contributed by atoms with Crippen molar-refractivity contribution in [3.63, 3.8) is 0 Å². The number of rotatable bonds is 9. The Morgan fingerprint density at radius 2 is 1.89 bits per heavy atom. The van der Waals surface area contributed by atoms with Crippen molar-refractivity contribution in [3.8, 4) is 5.75 Å². The average molecular weight is 425 g/mol.